The van der Waals surface area contributed by atoms with Gasteiger partial charge in [0.25, 0.3) is 0 Å². The second-order valence-electron chi connectivity index (χ2n) is 12.7. The highest BCUT2D eigenvalue weighted by molar-refractivity contribution is 5.85. The molecule has 0 aliphatic heterocycles. The van der Waals surface area contributed by atoms with E-state index in [0.717, 1.165) is 44.2 Å². The maximum Gasteiger partial charge on any atom is 0.436 e. The largest absolute Gasteiger partial charge is 0.436 e. The number of rotatable bonds is 7. The summed E-state index contributed by atoms with van der Waals surface area (Å²) in [4.78, 5) is 18.3. The fourth-order valence-electron chi connectivity index (χ4n) is 9.00. The monoisotopic (exact) mass is 529 g/mol. The van der Waals surface area contributed by atoms with Gasteiger partial charge in [-0.05, 0) is 106 Å². The Balaban J connectivity index is 1.42. The van der Waals surface area contributed by atoms with Crippen LogP contribution >= 0.6 is 0 Å². The zero-order valence-electron chi connectivity index (χ0n) is 22.9. The van der Waals surface area contributed by atoms with Gasteiger partial charge in [0.05, 0.1) is 11.8 Å². The van der Waals surface area contributed by atoms with E-state index >= 15 is 0 Å². The number of nitrogens with one attached hydrogen (secondary N) is 1. The molecule has 0 radical (unpaired) electrons. The third-order valence-corrected chi connectivity index (χ3v) is 10.8. The number of carbonyl (C=O) groups excluding carboxylic acids is 1. The lowest BCUT2D eigenvalue weighted by Crippen LogP contribution is -2.54. The number of aliphatic hydroxyl groups excluding tert-OH is 1. The standard InChI is InChI=1S/C28H46F3N3O3/c1-5-32-14-15-34(17-28(29,30)31)25(36)37-33-18(2)22-8-9-23-21-7-6-19-16-20(35)10-12-26(19,3)24(21)11-13-27(22,23)4/h19-24,32,35H,5-17H2,1-4H3/b33-18+/t19-,20-,21+,22-,23+,24+,26+,27-/m1/s1. The predicted molar refractivity (Wildman–Crippen MR) is 137 cm³/mol. The van der Waals surface area contributed by atoms with Gasteiger partial charge in [-0.1, -0.05) is 25.9 Å². The average Bonchev–Trinajstić information content (AvgIpc) is 3.19. The van der Waals surface area contributed by atoms with Crippen molar-refractivity contribution in [3.05, 3.63) is 0 Å². The fourth-order valence-corrected chi connectivity index (χ4v) is 9.00. The summed E-state index contributed by atoms with van der Waals surface area (Å²) in [6, 6.07) is 0. The molecule has 2 N–H and O–H groups in total. The van der Waals surface area contributed by atoms with Crippen molar-refractivity contribution in [1.29, 1.82) is 0 Å². The van der Waals surface area contributed by atoms with Crippen LogP contribution in [0.25, 0.3) is 0 Å². The Bertz CT molecular complexity index is 852. The van der Waals surface area contributed by atoms with Gasteiger partial charge in [-0.3, -0.25) is 9.74 Å². The van der Waals surface area contributed by atoms with Gasteiger partial charge in [-0.25, -0.2) is 4.79 Å². The number of amides is 1. The van der Waals surface area contributed by atoms with Crippen molar-refractivity contribution in [2.75, 3.05) is 26.2 Å². The van der Waals surface area contributed by atoms with Gasteiger partial charge < -0.3 is 10.4 Å². The van der Waals surface area contributed by atoms with E-state index in [4.69, 9.17) is 4.84 Å². The molecule has 4 rings (SSSR count). The summed E-state index contributed by atoms with van der Waals surface area (Å²) in [6.45, 7) is 7.98. The lowest BCUT2D eigenvalue weighted by molar-refractivity contribution is -0.142. The van der Waals surface area contributed by atoms with Gasteiger partial charge in [0.2, 0.25) is 0 Å². The molecule has 1 amide bonds. The maximum atomic E-state index is 13.0. The second kappa shape index (κ2) is 11.0. The first-order valence-electron chi connectivity index (χ1n) is 14.3. The van der Waals surface area contributed by atoms with E-state index in [1.807, 2.05) is 13.8 Å². The molecule has 9 heteroatoms. The SMILES string of the molecule is CCNCCN(CC(F)(F)F)C(=O)O/N=C(\C)[C@H]1CC[C@H]2[C@@H]3CC[C@@H]4C[C@H](O)CC[C@]4(C)[C@H]3CC[C@]12C. The molecule has 0 bridgehead atoms. The molecule has 0 heterocycles. The predicted octanol–water partition coefficient (Wildman–Crippen LogP) is 5.99. The molecule has 6 nitrogen and oxygen atoms in total. The minimum absolute atomic E-state index is 0.0647. The molecule has 0 saturated heterocycles. The van der Waals surface area contributed by atoms with Gasteiger partial charge >= 0.3 is 12.3 Å². The van der Waals surface area contributed by atoms with Crippen LogP contribution < -0.4 is 5.32 Å². The molecule has 0 unspecified atom stereocenters. The minimum atomic E-state index is -4.50. The lowest BCUT2D eigenvalue weighted by Gasteiger charge is -2.61. The molecule has 0 spiro atoms. The van der Waals surface area contributed by atoms with Gasteiger partial charge in [-0.15, -0.1) is 0 Å². The highest BCUT2D eigenvalue weighted by Crippen LogP contribution is 2.67. The third kappa shape index (κ3) is 5.82. The molecule has 8 atom stereocenters. The molecule has 212 valence electrons. The molecule has 37 heavy (non-hydrogen) atoms. The number of halogens is 3. The van der Waals surface area contributed by atoms with Crippen molar-refractivity contribution >= 4 is 11.8 Å². The lowest BCUT2D eigenvalue weighted by atomic mass is 9.44. The number of aliphatic hydroxyl groups is 1. The number of likely N-dealkylation sites (N-methyl/N-ethyl adjacent to an activating group) is 1. The first kappa shape index (κ1) is 28.7. The Kier molecular flexibility index (Phi) is 8.54. The molecule has 4 aliphatic carbocycles. The van der Waals surface area contributed by atoms with E-state index in [0.29, 0.717) is 40.5 Å². The van der Waals surface area contributed by atoms with Crippen LogP contribution in [-0.4, -0.2) is 60.3 Å². The van der Waals surface area contributed by atoms with Crippen LogP contribution in [0.4, 0.5) is 18.0 Å². The number of hydrogen-bond acceptors (Lipinski definition) is 5. The highest BCUT2D eigenvalue weighted by Gasteiger charge is 2.60. The smallest absolute Gasteiger partial charge is 0.393 e. The van der Waals surface area contributed by atoms with Gasteiger partial charge in [0.1, 0.15) is 6.54 Å². The molecule has 0 aromatic rings. The number of fused-ring (bicyclic) bond motifs is 5. The van der Waals surface area contributed by atoms with Crippen molar-refractivity contribution in [3.63, 3.8) is 0 Å². The van der Waals surface area contributed by atoms with E-state index in [2.05, 4.69) is 24.3 Å². The summed E-state index contributed by atoms with van der Waals surface area (Å²) < 4.78 is 39.1. The van der Waals surface area contributed by atoms with Crippen LogP contribution in [0.3, 0.4) is 0 Å². The zero-order valence-corrected chi connectivity index (χ0v) is 22.9. The topological polar surface area (TPSA) is 74.2 Å². The first-order chi connectivity index (χ1) is 17.4. The van der Waals surface area contributed by atoms with Crippen molar-refractivity contribution in [2.24, 2.45) is 45.6 Å². The van der Waals surface area contributed by atoms with Crippen LogP contribution in [-0.2, 0) is 4.84 Å². The molecule has 4 saturated carbocycles. The van der Waals surface area contributed by atoms with Gasteiger partial charge in [0.15, 0.2) is 0 Å². The number of carbonyl (C=O) groups is 1. The van der Waals surface area contributed by atoms with Crippen LogP contribution in [0.5, 0.6) is 0 Å². The fraction of sp³-hybridized carbons (Fsp3) is 0.929. The molecule has 4 fully saturated rings. The number of nitrogens with zero attached hydrogens (tertiary/aromatic N) is 2. The summed E-state index contributed by atoms with van der Waals surface area (Å²) in [7, 11) is 0. The van der Waals surface area contributed by atoms with Crippen LogP contribution in [0.1, 0.15) is 85.5 Å². The molecule has 0 aromatic heterocycles. The average molecular weight is 530 g/mol. The van der Waals surface area contributed by atoms with Crippen molar-refractivity contribution in [3.8, 4) is 0 Å². The maximum absolute atomic E-state index is 13.0. The third-order valence-electron chi connectivity index (χ3n) is 10.8. The van der Waals surface area contributed by atoms with E-state index < -0.39 is 18.8 Å². The van der Waals surface area contributed by atoms with E-state index in [9.17, 15) is 23.1 Å². The van der Waals surface area contributed by atoms with Crippen LogP contribution in [0, 0.1) is 40.4 Å². The molecular formula is C28H46F3N3O3. The quantitative estimate of drug-likeness (QED) is 0.184. The molecular weight excluding hydrogens is 483 g/mol. The Morgan fingerprint density at radius 3 is 2.49 bits per heavy atom. The normalized spacial score (nSPS) is 39.9. The van der Waals surface area contributed by atoms with Crippen molar-refractivity contribution in [1.82, 2.24) is 10.2 Å². The van der Waals surface area contributed by atoms with Crippen molar-refractivity contribution < 1.29 is 27.9 Å². The van der Waals surface area contributed by atoms with Gasteiger partial charge in [0, 0.05) is 19.0 Å². The second-order valence-corrected chi connectivity index (χ2v) is 12.7. The zero-order chi connectivity index (χ0) is 27.0. The summed E-state index contributed by atoms with van der Waals surface area (Å²) in [5, 5.41) is 17.3. The minimum Gasteiger partial charge on any atom is -0.393 e. The number of oxime groups is 1. The number of alkyl halides is 3. The number of hydrogen-bond donors (Lipinski definition) is 2. The highest BCUT2D eigenvalue weighted by atomic mass is 19.4. The van der Waals surface area contributed by atoms with E-state index in [-0.39, 0.29) is 30.5 Å². The van der Waals surface area contributed by atoms with Crippen molar-refractivity contribution in [2.45, 2.75) is 97.8 Å². The molecule has 0 aromatic carbocycles. The Hall–Kier alpha value is -1.35. The molecule has 4 aliphatic rings. The summed E-state index contributed by atoms with van der Waals surface area (Å²) in [5.74, 6) is 2.74. The van der Waals surface area contributed by atoms with E-state index in [1.54, 1.807) is 0 Å². The summed E-state index contributed by atoms with van der Waals surface area (Å²) in [5.41, 5.74) is 1.10. The first-order valence-corrected chi connectivity index (χ1v) is 14.3. The summed E-state index contributed by atoms with van der Waals surface area (Å²) >= 11 is 0. The summed E-state index contributed by atoms with van der Waals surface area (Å²) in [6.07, 6.45) is 4.06. The Morgan fingerprint density at radius 2 is 1.78 bits per heavy atom. The Morgan fingerprint density at radius 1 is 1.08 bits per heavy atom. The van der Waals surface area contributed by atoms with Crippen LogP contribution in [0.2, 0.25) is 0 Å². The Labute approximate surface area is 219 Å². The van der Waals surface area contributed by atoms with Crippen LogP contribution in [0.15, 0.2) is 5.16 Å². The van der Waals surface area contributed by atoms with Gasteiger partial charge in [-0.2, -0.15) is 13.2 Å². The van der Waals surface area contributed by atoms with E-state index in [1.165, 1.54) is 19.3 Å².